The summed E-state index contributed by atoms with van der Waals surface area (Å²) in [7, 11) is 0. The molecule has 0 radical (unpaired) electrons. The van der Waals surface area contributed by atoms with Crippen molar-refractivity contribution in [3.63, 3.8) is 0 Å². The van der Waals surface area contributed by atoms with Gasteiger partial charge in [-0.2, -0.15) is 0 Å². The van der Waals surface area contributed by atoms with Gasteiger partial charge in [0.15, 0.2) is 0 Å². The Balaban J connectivity index is 2.20. The molecule has 0 N–H and O–H groups in total. The largest absolute Gasteiger partial charge is 0.490 e. The summed E-state index contributed by atoms with van der Waals surface area (Å²) in [5.41, 5.74) is 3.17. The monoisotopic (exact) mass is 204 g/mol. The topological polar surface area (TPSA) is 9.23 Å². The van der Waals surface area contributed by atoms with Gasteiger partial charge in [-0.3, -0.25) is 0 Å². The lowest BCUT2D eigenvalue weighted by Gasteiger charge is -2.18. The average molecular weight is 204 g/mol. The molecule has 15 heavy (non-hydrogen) atoms. The molecule has 1 heteroatoms. The fourth-order valence-corrected chi connectivity index (χ4v) is 2.20. The molecule has 0 unspecified atom stereocenters. The van der Waals surface area contributed by atoms with Gasteiger partial charge in [-0.15, -0.1) is 0 Å². The molecule has 82 valence electrons. The standard InChI is InChI=1S/C14H20O/c1-10-7-12-8-11(9-14(2,3)4)5-6-13(12)15-10/h5-6,8,10H,7,9H2,1-4H3/t10-/m0/s1. The van der Waals surface area contributed by atoms with E-state index in [4.69, 9.17) is 4.74 Å². The van der Waals surface area contributed by atoms with E-state index in [1.54, 1.807) is 0 Å². The predicted octanol–water partition coefficient (Wildman–Crippen LogP) is 3.60. The predicted molar refractivity (Wildman–Crippen MR) is 63.4 cm³/mol. The van der Waals surface area contributed by atoms with E-state index in [1.165, 1.54) is 11.1 Å². The Bertz CT molecular complexity index is 360. The molecule has 1 heterocycles. The van der Waals surface area contributed by atoms with Crippen molar-refractivity contribution in [3.05, 3.63) is 29.3 Å². The molecule has 0 fully saturated rings. The number of hydrogen-bond acceptors (Lipinski definition) is 1. The van der Waals surface area contributed by atoms with Crippen LogP contribution >= 0.6 is 0 Å². The van der Waals surface area contributed by atoms with Gasteiger partial charge in [0.1, 0.15) is 11.9 Å². The zero-order chi connectivity index (χ0) is 11.1. The van der Waals surface area contributed by atoms with Gasteiger partial charge in [-0.1, -0.05) is 32.9 Å². The maximum absolute atomic E-state index is 5.69. The number of benzene rings is 1. The lowest BCUT2D eigenvalue weighted by molar-refractivity contribution is 0.254. The molecule has 1 aliphatic rings. The Kier molecular flexibility index (Phi) is 2.49. The molecule has 0 saturated heterocycles. The quantitative estimate of drug-likeness (QED) is 0.679. The highest BCUT2D eigenvalue weighted by molar-refractivity contribution is 5.40. The van der Waals surface area contributed by atoms with Crippen molar-refractivity contribution in [1.29, 1.82) is 0 Å². The van der Waals surface area contributed by atoms with Crippen LogP contribution in [0.5, 0.6) is 5.75 Å². The van der Waals surface area contributed by atoms with E-state index in [0.29, 0.717) is 11.5 Å². The van der Waals surface area contributed by atoms with Crippen molar-refractivity contribution in [2.45, 2.75) is 46.6 Å². The smallest absolute Gasteiger partial charge is 0.123 e. The van der Waals surface area contributed by atoms with Gasteiger partial charge in [-0.05, 0) is 36.0 Å². The molecule has 1 aromatic rings. The Labute approximate surface area is 92.5 Å². The van der Waals surface area contributed by atoms with Crippen LogP contribution in [-0.2, 0) is 12.8 Å². The van der Waals surface area contributed by atoms with E-state index in [-0.39, 0.29) is 0 Å². The second-order valence-corrected chi connectivity index (χ2v) is 5.81. The number of fused-ring (bicyclic) bond motifs is 1. The summed E-state index contributed by atoms with van der Waals surface area (Å²) in [6.07, 6.45) is 2.55. The number of rotatable bonds is 1. The Morgan fingerprint density at radius 2 is 2.07 bits per heavy atom. The van der Waals surface area contributed by atoms with E-state index in [9.17, 15) is 0 Å². The van der Waals surface area contributed by atoms with Crippen LogP contribution in [0.2, 0.25) is 0 Å². The molecule has 0 bridgehead atoms. The van der Waals surface area contributed by atoms with Crippen LogP contribution in [0.1, 0.15) is 38.8 Å². The van der Waals surface area contributed by atoms with Gasteiger partial charge in [0.05, 0.1) is 0 Å². The van der Waals surface area contributed by atoms with Crippen molar-refractivity contribution in [3.8, 4) is 5.75 Å². The van der Waals surface area contributed by atoms with Crippen LogP contribution in [0.3, 0.4) is 0 Å². The van der Waals surface area contributed by atoms with Crippen molar-refractivity contribution in [2.75, 3.05) is 0 Å². The summed E-state index contributed by atoms with van der Waals surface area (Å²) in [6.45, 7) is 8.96. The first-order chi connectivity index (χ1) is 6.94. The van der Waals surface area contributed by atoms with E-state index < -0.39 is 0 Å². The maximum atomic E-state index is 5.69. The maximum Gasteiger partial charge on any atom is 0.123 e. The molecule has 1 atom stereocenters. The van der Waals surface area contributed by atoms with Crippen LogP contribution in [0.25, 0.3) is 0 Å². The summed E-state index contributed by atoms with van der Waals surface area (Å²) >= 11 is 0. The summed E-state index contributed by atoms with van der Waals surface area (Å²) in [6, 6.07) is 6.63. The number of hydrogen-bond donors (Lipinski definition) is 0. The molecule has 1 aromatic carbocycles. The van der Waals surface area contributed by atoms with E-state index in [1.807, 2.05) is 0 Å². The average Bonchev–Trinajstić information content (AvgIpc) is 2.40. The third-order valence-corrected chi connectivity index (χ3v) is 2.69. The van der Waals surface area contributed by atoms with Crippen molar-refractivity contribution >= 4 is 0 Å². The highest BCUT2D eigenvalue weighted by Crippen LogP contribution is 2.31. The van der Waals surface area contributed by atoms with E-state index in [0.717, 1.165) is 18.6 Å². The second-order valence-electron chi connectivity index (χ2n) is 5.81. The van der Waals surface area contributed by atoms with Gasteiger partial charge in [0.25, 0.3) is 0 Å². The molecule has 1 aliphatic heterocycles. The Morgan fingerprint density at radius 1 is 1.33 bits per heavy atom. The lowest BCUT2D eigenvalue weighted by atomic mass is 9.87. The van der Waals surface area contributed by atoms with Crippen LogP contribution in [0.15, 0.2) is 18.2 Å². The first kappa shape index (κ1) is 10.5. The first-order valence-electron chi connectivity index (χ1n) is 5.72. The minimum absolute atomic E-state index is 0.352. The van der Waals surface area contributed by atoms with Gasteiger partial charge >= 0.3 is 0 Å². The van der Waals surface area contributed by atoms with Crippen LogP contribution in [0.4, 0.5) is 0 Å². The van der Waals surface area contributed by atoms with Crippen LogP contribution < -0.4 is 4.74 Å². The van der Waals surface area contributed by atoms with Crippen molar-refractivity contribution in [2.24, 2.45) is 5.41 Å². The zero-order valence-electron chi connectivity index (χ0n) is 10.1. The Morgan fingerprint density at radius 3 is 2.73 bits per heavy atom. The molecule has 2 rings (SSSR count). The molecule has 0 aromatic heterocycles. The summed E-state index contributed by atoms with van der Waals surface area (Å²) < 4.78 is 5.69. The minimum atomic E-state index is 0.352. The fourth-order valence-electron chi connectivity index (χ4n) is 2.20. The molecular formula is C14H20O. The fraction of sp³-hybridized carbons (Fsp3) is 0.571. The number of ether oxygens (including phenoxy) is 1. The summed E-state index contributed by atoms with van der Waals surface area (Å²) in [5, 5.41) is 0. The van der Waals surface area contributed by atoms with Gasteiger partial charge in [0, 0.05) is 6.42 Å². The third-order valence-electron chi connectivity index (χ3n) is 2.69. The first-order valence-corrected chi connectivity index (χ1v) is 5.72. The molecule has 0 amide bonds. The summed E-state index contributed by atoms with van der Waals surface area (Å²) in [5.74, 6) is 1.08. The SMILES string of the molecule is C[C@H]1Cc2cc(CC(C)(C)C)ccc2O1. The van der Waals surface area contributed by atoms with Gasteiger partial charge in [0.2, 0.25) is 0 Å². The van der Waals surface area contributed by atoms with Crippen molar-refractivity contribution in [1.82, 2.24) is 0 Å². The summed E-state index contributed by atoms with van der Waals surface area (Å²) in [4.78, 5) is 0. The molecule has 0 saturated carbocycles. The third kappa shape index (κ3) is 2.53. The highest BCUT2D eigenvalue weighted by Gasteiger charge is 2.20. The van der Waals surface area contributed by atoms with Gasteiger partial charge < -0.3 is 4.74 Å². The van der Waals surface area contributed by atoms with Crippen LogP contribution in [0, 0.1) is 5.41 Å². The second kappa shape index (κ2) is 3.55. The van der Waals surface area contributed by atoms with E-state index >= 15 is 0 Å². The molecular weight excluding hydrogens is 184 g/mol. The highest BCUT2D eigenvalue weighted by atomic mass is 16.5. The molecule has 0 aliphatic carbocycles. The Hall–Kier alpha value is -0.980. The van der Waals surface area contributed by atoms with Crippen molar-refractivity contribution < 1.29 is 4.74 Å². The molecule has 1 nitrogen and oxygen atoms in total. The van der Waals surface area contributed by atoms with Crippen LogP contribution in [-0.4, -0.2) is 6.10 Å². The zero-order valence-corrected chi connectivity index (χ0v) is 10.1. The van der Waals surface area contributed by atoms with Gasteiger partial charge in [-0.25, -0.2) is 0 Å². The van der Waals surface area contributed by atoms with E-state index in [2.05, 4.69) is 45.9 Å². The lowest BCUT2D eigenvalue weighted by Crippen LogP contribution is -2.09. The minimum Gasteiger partial charge on any atom is -0.490 e. The normalized spacial score (nSPS) is 19.9. The molecule has 0 spiro atoms.